The van der Waals surface area contributed by atoms with E-state index in [2.05, 4.69) is 5.10 Å². The standard InChI is InChI=1S/C18H18N4O6S/c23-18-21-5-1-2-16(29(24,25)20-6-8-26-9-7-20)17(21)19-22(18)11-13-3-4-14-15(10-13)28-12-27-14/h1-5,10H,6-9,11-12H2. The molecular formula is C18H18N4O6S. The smallest absolute Gasteiger partial charge is 0.350 e. The third-order valence-corrected chi connectivity index (χ3v) is 6.85. The van der Waals surface area contributed by atoms with Crippen LogP contribution in [-0.4, -0.2) is 60.0 Å². The zero-order valence-electron chi connectivity index (χ0n) is 15.4. The van der Waals surface area contributed by atoms with Crippen LogP contribution >= 0.6 is 0 Å². The number of aromatic nitrogens is 3. The minimum absolute atomic E-state index is 0.00318. The van der Waals surface area contributed by atoms with Gasteiger partial charge in [-0.25, -0.2) is 22.3 Å². The van der Waals surface area contributed by atoms with Crippen molar-refractivity contribution in [3.63, 3.8) is 0 Å². The van der Waals surface area contributed by atoms with Crippen molar-refractivity contribution < 1.29 is 22.6 Å². The van der Waals surface area contributed by atoms with Crippen LogP contribution in [0.4, 0.5) is 0 Å². The summed E-state index contributed by atoms with van der Waals surface area (Å²) in [5, 5.41) is 4.32. The maximum absolute atomic E-state index is 13.1. The quantitative estimate of drug-likeness (QED) is 0.600. The SMILES string of the molecule is O=c1n(Cc2ccc3c(c2)OCO3)nc2c(S(=O)(=O)N3CCOCC3)cccn12. The van der Waals surface area contributed by atoms with Crippen LogP contribution in [0.3, 0.4) is 0 Å². The first kappa shape index (κ1) is 18.2. The molecule has 2 aromatic heterocycles. The lowest BCUT2D eigenvalue weighted by molar-refractivity contribution is 0.0730. The molecule has 0 N–H and O–H groups in total. The van der Waals surface area contributed by atoms with Crippen molar-refractivity contribution in [2.45, 2.75) is 11.4 Å². The van der Waals surface area contributed by atoms with Crippen molar-refractivity contribution >= 4 is 15.7 Å². The molecule has 11 heteroatoms. The molecule has 0 amide bonds. The Morgan fingerprint density at radius 2 is 1.86 bits per heavy atom. The predicted octanol–water partition coefficient (Wildman–Crippen LogP) is 0.294. The van der Waals surface area contributed by atoms with E-state index in [0.29, 0.717) is 24.7 Å². The van der Waals surface area contributed by atoms with Gasteiger partial charge in [0.05, 0.1) is 19.8 Å². The number of nitrogens with zero attached hydrogens (tertiary/aromatic N) is 4. The molecule has 2 aliphatic rings. The van der Waals surface area contributed by atoms with Gasteiger partial charge in [-0.15, -0.1) is 5.10 Å². The summed E-state index contributed by atoms with van der Waals surface area (Å²) in [6.45, 7) is 1.56. The summed E-state index contributed by atoms with van der Waals surface area (Å²) in [4.78, 5) is 12.8. The molecule has 0 saturated carbocycles. The van der Waals surface area contributed by atoms with Crippen molar-refractivity contribution in [2.24, 2.45) is 0 Å². The highest BCUT2D eigenvalue weighted by Crippen LogP contribution is 2.32. The third kappa shape index (κ3) is 3.07. The van der Waals surface area contributed by atoms with Gasteiger partial charge in [-0.2, -0.15) is 4.31 Å². The molecule has 0 bridgehead atoms. The second-order valence-corrected chi connectivity index (χ2v) is 8.62. The summed E-state index contributed by atoms with van der Waals surface area (Å²) in [7, 11) is -3.79. The second-order valence-electron chi connectivity index (χ2n) is 6.71. The van der Waals surface area contributed by atoms with Gasteiger partial charge in [0.2, 0.25) is 16.8 Å². The fourth-order valence-electron chi connectivity index (χ4n) is 3.46. The topological polar surface area (TPSA) is 104 Å². The summed E-state index contributed by atoms with van der Waals surface area (Å²) >= 11 is 0. The Balaban J connectivity index is 1.55. The summed E-state index contributed by atoms with van der Waals surface area (Å²) in [6, 6.07) is 8.37. The normalized spacial score (nSPS) is 17.1. The first-order valence-corrected chi connectivity index (χ1v) is 10.5. The van der Waals surface area contributed by atoms with Crippen molar-refractivity contribution in [3.05, 3.63) is 52.6 Å². The van der Waals surface area contributed by atoms with Crippen molar-refractivity contribution in [1.29, 1.82) is 0 Å². The van der Waals surface area contributed by atoms with E-state index in [1.165, 1.54) is 31.7 Å². The van der Waals surface area contributed by atoms with Gasteiger partial charge in [-0.05, 0) is 29.8 Å². The fourth-order valence-corrected chi connectivity index (χ4v) is 4.98. The van der Waals surface area contributed by atoms with E-state index in [9.17, 15) is 13.2 Å². The predicted molar refractivity (Wildman–Crippen MR) is 101 cm³/mol. The molecule has 5 rings (SSSR count). The molecule has 4 heterocycles. The molecule has 1 aromatic carbocycles. The molecule has 1 fully saturated rings. The minimum Gasteiger partial charge on any atom is -0.454 e. The van der Waals surface area contributed by atoms with E-state index in [1.54, 1.807) is 12.1 Å². The number of rotatable bonds is 4. The Hall–Kier alpha value is -2.89. The molecule has 2 aliphatic heterocycles. The van der Waals surface area contributed by atoms with Gasteiger partial charge in [0, 0.05) is 19.3 Å². The number of pyridine rings is 1. The molecule has 0 unspecified atom stereocenters. The molecule has 0 aliphatic carbocycles. The number of morpholine rings is 1. The van der Waals surface area contributed by atoms with Gasteiger partial charge in [0.25, 0.3) is 0 Å². The Bertz CT molecular complexity index is 1240. The Morgan fingerprint density at radius 3 is 2.69 bits per heavy atom. The molecule has 152 valence electrons. The summed E-state index contributed by atoms with van der Waals surface area (Å²) < 4.78 is 45.9. The first-order valence-electron chi connectivity index (χ1n) is 9.09. The molecule has 0 atom stereocenters. The van der Waals surface area contributed by atoms with Crippen LogP contribution in [0.1, 0.15) is 5.56 Å². The Kier molecular flexibility index (Phi) is 4.30. The van der Waals surface area contributed by atoms with E-state index < -0.39 is 15.7 Å². The van der Waals surface area contributed by atoms with Crippen LogP contribution in [0.2, 0.25) is 0 Å². The van der Waals surface area contributed by atoms with Gasteiger partial charge in [0.15, 0.2) is 17.1 Å². The van der Waals surface area contributed by atoms with E-state index in [1.807, 2.05) is 6.07 Å². The number of benzene rings is 1. The molecule has 0 spiro atoms. The highest BCUT2D eigenvalue weighted by atomic mass is 32.2. The maximum atomic E-state index is 13.1. The number of ether oxygens (including phenoxy) is 3. The monoisotopic (exact) mass is 418 g/mol. The largest absolute Gasteiger partial charge is 0.454 e. The number of hydrogen-bond donors (Lipinski definition) is 0. The molecular weight excluding hydrogens is 400 g/mol. The lowest BCUT2D eigenvalue weighted by atomic mass is 10.2. The van der Waals surface area contributed by atoms with Gasteiger partial charge in [-0.3, -0.25) is 0 Å². The lowest BCUT2D eigenvalue weighted by Gasteiger charge is -2.25. The Morgan fingerprint density at radius 1 is 1.07 bits per heavy atom. The highest BCUT2D eigenvalue weighted by Gasteiger charge is 2.29. The zero-order valence-corrected chi connectivity index (χ0v) is 16.2. The second kappa shape index (κ2) is 6.87. The van der Waals surface area contributed by atoms with Crippen LogP contribution in [0, 0.1) is 0 Å². The molecule has 3 aromatic rings. The van der Waals surface area contributed by atoms with Crippen molar-refractivity contribution in [1.82, 2.24) is 18.5 Å². The zero-order chi connectivity index (χ0) is 20.0. The molecule has 0 radical (unpaired) electrons. The van der Waals surface area contributed by atoms with Crippen molar-refractivity contribution in [2.75, 3.05) is 33.1 Å². The average Bonchev–Trinajstić information content (AvgIpc) is 3.33. The van der Waals surface area contributed by atoms with E-state index in [0.717, 1.165) is 5.56 Å². The van der Waals surface area contributed by atoms with Crippen LogP contribution < -0.4 is 15.2 Å². The van der Waals surface area contributed by atoms with Crippen LogP contribution in [-0.2, 0) is 21.3 Å². The molecule has 1 saturated heterocycles. The first-order chi connectivity index (χ1) is 14.0. The molecule has 29 heavy (non-hydrogen) atoms. The van der Waals surface area contributed by atoms with E-state index in [-0.39, 0.29) is 37.0 Å². The van der Waals surface area contributed by atoms with Gasteiger partial charge < -0.3 is 14.2 Å². The summed E-state index contributed by atoms with van der Waals surface area (Å²) in [5.74, 6) is 1.25. The Labute approximate surface area is 165 Å². The maximum Gasteiger partial charge on any atom is 0.350 e. The minimum atomic E-state index is -3.79. The van der Waals surface area contributed by atoms with Crippen LogP contribution in [0.15, 0.2) is 46.2 Å². The van der Waals surface area contributed by atoms with Crippen molar-refractivity contribution in [3.8, 4) is 11.5 Å². The summed E-state index contributed by atoms with van der Waals surface area (Å²) in [6.07, 6.45) is 1.51. The van der Waals surface area contributed by atoms with Crippen LogP contribution in [0.5, 0.6) is 11.5 Å². The fraction of sp³-hybridized carbons (Fsp3) is 0.333. The lowest BCUT2D eigenvalue weighted by Crippen LogP contribution is -2.40. The van der Waals surface area contributed by atoms with E-state index in [4.69, 9.17) is 14.2 Å². The number of hydrogen-bond acceptors (Lipinski definition) is 7. The third-order valence-electron chi connectivity index (χ3n) is 4.93. The summed E-state index contributed by atoms with van der Waals surface area (Å²) in [5.41, 5.74) is 0.471. The average molecular weight is 418 g/mol. The van der Waals surface area contributed by atoms with E-state index >= 15 is 0 Å². The van der Waals surface area contributed by atoms with Gasteiger partial charge >= 0.3 is 5.69 Å². The molecule has 10 nitrogen and oxygen atoms in total. The number of sulfonamides is 1. The van der Waals surface area contributed by atoms with Crippen LogP contribution in [0.25, 0.3) is 5.65 Å². The number of fused-ring (bicyclic) bond motifs is 2. The van der Waals surface area contributed by atoms with Gasteiger partial charge in [-0.1, -0.05) is 6.07 Å². The highest BCUT2D eigenvalue weighted by molar-refractivity contribution is 7.89. The van der Waals surface area contributed by atoms with Gasteiger partial charge in [0.1, 0.15) is 4.90 Å².